The van der Waals surface area contributed by atoms with E-state index in [4.69, 9.17) is 34.2 Å². The molecule has 1 aromatic heterocycles. The number of alkyl halides is 3. The number of nitrogens with two attached hydrogens (primary N) is 1. The number of nitrogens with zero attached hydrogens (tertiary/aromatic N) is 3. The van der Waals surface area contributed by atoms with E-state index in [0.717, 1.165) is 16.8 Å². The molecule has 2 N–H and O–H groups in total. The number of nitrogen functional groups attached to an aromatic ring is 1. The lowest BCUT2D eigenvalue weighted by Gasteiger charge is -2.12. The second-order valence-electron chi connectivity index (χ2n) is 3.85. The van der Waals surface area contributed by atoms with Crippen molar-refractivity contribution in [3.8, 4) is 11.8 Å². The number of benzene rings is 1. The van der Waals surface area contributed by atoms with Crippen molar-refractivity contribution in [3.63, 3.8) is 0 Å². The van der Waals surface area contributed by atoms with Gasteiger partial charge in [0.1, 0.15) is 17.6 Å². The molecule has 4 nitrogen and oxygen atoms in total. The van der Waals surface area contributed by atoms with E-state index in [1.807, 2.05) is 28.7 Å². The highest BCUT2D eigenvalue weighted by Crippen LogP contribution is 2.41. The fourth-order valence-electron chi connectivity index (χ4n) is 1.59. The van der Waals surface area contributed by atoms with Crippen LogP contribution in [-0.4, -0.2) is 15.3 Å². The summed E-state index contributed by atoms with van der Waals surface area (Å²) in [7, 11) is 0. The molecule has 1 aromatic carbocycles. The molecule has 22 heavy (non-hydrogen) atoms. The van der Waals surface area contributed by atoms with E-state index >= 15 is 0 Å². The van der Waals surface area contributed by atoms with Crippen molar-refractivity contribution < 1.29 is 13.2 Å². The molecule has 0 bridgehead atoms. The van der Waals surface area contributed by atoms with Crippen LogP contribution in [0, 0.1) is 14.9 Å². The Morgan fingerprint density at radius 3 is 2.27 bits per heavy atom. The first kappa shape index (κ1) is 17.5. The van der Waals surface area contributed by atoms with Gasteiger partial charge < -0.3 is 5.73 Å². The SMILES string of the molecule is N#Cc1nn(-c2c(Cl)cc(SC(F)(F)F)cc2Cl)c(N)c1I. The Morgan fingerprint density at radius 1 is 1.32 bits per heavy atom. The largest absolute Gasteiger partial charge is 0.446 e. The second-order valence-corrected chi connectivity index (χ2v) is 6.89. The predicted molar refractivity (Wildman–Crippen MR) is 87.3 cm³/mol. The van der Waals surface area contributed by atoms with E-state index in [9.17, 15) is 13.2 Å². The zero-order chi connectivity index (χ0) is 16.7. The Morgan fingerprint density at radius 2 is 1.86 bits per heavy atom. The molecule has 1 heterocycles. The highest BCUT2D eigenvalue weighted by atomic mass is 127. The molecule has 0 amide bonds. The van der Waals surface area contributed by atoms with Crippen molar-refractivity contribution in [2.24, 2.45) is 0 Å². The summed E-state index contributed by atoms with van der Waals surface area (Å²) in [6.45, 7) is 0. The number of thioether (sulfide) groups is 1. The molecule has 11 heteroatoms. The minimum absolute atomic E-state index is 0.0608. The molecule has 0 saturated heterocycles. The number of rotatable bonds is 2. The van der Waals surface area contributed by atoms with Gasteiger partial charge in [0.25, 0.3) is 0 Å². The van der Waals surface area contributed by atoms with Crippen molar-refractivity contribution in [1.29, 1.82) is 5.26 Å². The molecule has 116 valence electrons. The smallest absolute Gasteiger partial charge is 0.383 e. The maximum atomic E-state index is 12.4. The van der Waals surface area contributed by atoms with Crippen LogP contribution in [0.4, 0.5) is 19.0 Å². The van der Waals surface area contributed by atoms with Gasteiger partial charge in [-0.2, -0.15) is 23.5 Å². The Balaban J connectivity index is 2.57. The van der Waals surface area contributed by atoms with Gasteiger partial charge in [0.2, 0.25) is 0 Å². The van der Waals surface area contributed by atoms with E-state index < -0.39 is 5.51 Å². The van der Waals surface area contributed by atoms with Crippen LogP contribution >= 0.6 is 57.6 Å². The van der Waals surface area contributed by atoms with Gasteiger partial charge in [0.15, 0.2) is 5.69 Å². The number of aromatic nitrogens is 2. The highest BCUT2D eigenvalue weighted by molar-refractivity contribution is 14.1. The monoisotopic (exact) mass is 478 g/mol. The van der Waals surface area contributed by atoms with Crippen LogP contribution in [-0.2, 0) is 0 Å². The third-order valence-electron chi connectivity index (χ3n) is 2.40. The maximum absolute atomic E-state index is 12.4. The summed E-state index contributed by atoms with van der Waals surface area (Å²) < 4.78 is 38.7. The van der Waals surface area contributed by atoms with E-state index in [1.165, 1.54) is 0 Å². The molecule has 0 saturated carbocycles. The number of anilines is 1. The number of hydrogen-bond donors (Lipinski definition) is 1. The lowest BCUT2D eigenvalue weighted by atomic mass is 10.3. The molecular weight excluding hydrogens is 475 g/mol. The molecular formula is C11H4Cl2F3IN4S. The Hall–Kier alpha value is -0.830. The van der Waals surface area contributed by atoms with Gasteiger partial charge >= 0.3 is 5.51 Å². The quantitative estimate of drug-likeness (QED) is 0.495. The lowest BCUT2D eigenvalue weighted by molar-refractivity contribution is -0.0328. The Labute approximate surface area is 150 Å². The molecule has 2 rings (SSSR count). The lowest BCUT2D eigenvalue weighted by Crippen LogP contribution is -2.05. The van der Waals surface area contributed by atoms with Crippen molar-refractivity contribution in [2.75, 3.05) is 5.73 Å². The van der Waals surface area contributed by atoms with Crippen LogP contribution in [0.3, 0.4) is 0 Å². The zero-order valence-corrected chi connectivity index (χ0v) is 14.7. The van der Waals surface area contributed by atoms with Crippen molar-refractivity contribution in [2.45, 2.75) is 10.4 Å². The third-order valence-corrected chi connectivity index (χ3v) is 4.75. The van der Waals surface area contributed by atoms with E-state index in [0.29, 0.717) is 3.57 Å². The van der Waals surface area contributed by atoms with Crippen LogP contribution in [0.25, 0.3) is 5.69 Å². The number of nitriles is 1. The first-order valence-electron chi connectivity index (χ1n) is 5.33. The molecule has 0 aliphatic carbocycles. The summed E-state index contributed by atoms with van der Waals surface area (Å²) in [6, 6.07) is 4.07. The summed E-state index contributed by atoms with van der Waals surface area (Å²) in [5.74, 6) is 0.122. The fourth-order valence-corrected chi connectivity index (χ4v) is 3.45. The summed E-state index contributed by atoms with van der Waals surface area (Å²) in [6.07, 6.45) is 0. The minimum Gasteiger partial charge on any atom is -0.383 e. The van der Waals surface area contributed by atoms with E-state index in [2.05, 4.69) is 5.10 Å². The molecule has 0 radical (unpaired) electrons. The summed E-state index contributed by atoms with van der Waals surface area (Å²) >= 11 is 13.5. The Bertz CT molecular complexity index is 762. The van der Waals surface area contributed by atoms with Crippen molar-refractivity contribution >= 4 is 63.4 Å². The minimum atomic E-state index is -4.46. The highest BCUT2D eigenvalue weighted by Gasteiger charge is 2.30. The summed E-state index contributed by atoms with van der Waals surface area (Å²) in [4.78, 5) is -0.160. The molecule has 2 aromatic rings. The maximum Gasteiger partial charge on any atom is 0.446 e. The number of halogens is 6. The average Bonchev–Trinajstić information content (AvgIpc) is 2.64. The van der Waals surface area contributed by atoms with E-state index in [1.54, 1.807) is 0 Å². The molecule has 0 unspecified atom stereocenters. The van der Waals surface area contributed by atoms with Crippen LogP contribution in [0.1, 0.15) is 5.69 Å². The normalized spacial score (nSPS) is 11.5. The van der Waals surface area contributed by atoms with Crippen LogP contribution in [0.5, 0.6) is 0 Å². The van der Waals surface area contributed by atoms with Gasteiger partial charge in [-0.3, -0.25) is 0 Å². The summed E-state index contributed by atoms with van der Waals surface area (Å²) in [5.41, 5.74) is 1.56. The predicted octanol–water partition coefficient (Wildman–Crippen LogP) is 4.85. The Kier molecular flexibility index (Phi) is 5.06. The number of hydrogen-bond acceptors (Lipinski definition) is 4. The molecule has 0 atom stereocenters. The van der Waals surface area contributed by atoms with Crippen LogP contribution in [0.2, 0.25) is 10.0 Å². The zero-order valence-electron chi connectivity index (χ0n) is 10.2. The van der Waals surface area contributed by atoms with Crippen molar-refractivity contribution in [1.82, 2.24) is 9.78 Å². The average molecular weight is 479 g/mol. The third kappa shape index (κ3) is 3.56. The standard InChI is InChI=1S/C11H4Cl2F3IN4S/c12-5-1-4(22-11(14,15)16)2-6(13)9(5)21-10(19)8(17)7(3-18)20-21/h1-2H,19H2. The van der Waals surface area contributed by atoms with Gasteiger partial charge in [-0.1, -0.05) is 23.2 Å². The molecule has 0 aliphatic heterocycles. The molecule has 0 spiro atoms. The van der Waals surface area contributed by atoms with Crippen LogP contribution < -0.4 is 5.73 Å². The van der Waals surface area contributed by atoms with Gasteiger partial charge in [-0.15, -0.1) is 0 Å². The van der Waals surface area contributed by atoms with Gasteiger partial charge in [0, 0.05) is 4.90 Å². The van der Waals surface area contributed by atoms with Crippen molar-refractivity contribution in [3.05, 3.63) is 31.4 Å². The molecule has 0 fully saturated rings. The van der Waals surface area contributed by atoms with Gasteiger partial charge in [-0.05, 0) is 46.5 Å². The van der Waals surface area contributed by atoms with Crippen LogP contribution in [0.15, 0.2) is 17.0 Å². The fraction of sp³-hybridized carbons (Fsp3) is 0.0909. The summed E-state index contributed by atoms with van der Waals surface area (Å²) in [5, 5.41) is 12.8. The van der Waals surface area contributed by atoms with Gasteiger partial charge in [-0.25, -0.2) is 4.68 Å². The topological polar surface area (TPSA) is 67.6 Å². The first-order valence-corrected chi connectivity index (χ1v) is 7.98. The van der Waals surface area contributed by atoms with Gasteiger partial charge in [0.05, 0.1) is 13.6 Å². The molecule has 0 aliphatic rings. The second kappa shape index (κ2) is 6.35. The first-order chi connectivity index (χ1) is 10.1. The van der Waals surface area contributed by atoms with E-state index in [-0.39, 0.29) is 43.9 Å².